The molecule has 3 rings (SSSR count). The largest absolute Gasteiger partial charge is 0.483 e. The standard InChI is InChI=1S/C20H21BrN4O2/c1-20(2,3)15-6-4-5-7-18(15)27-11-19(26)24-16-10-14(21)8-9-17(16)25-13-22-12-23-25/h4-10,12-13H,11H2,1-3H3,(H,24,26). The summed E-state index contributed by atoms with van der Waals surface area (Å²) in [6.45, 7) is 6.25. The molecule has 3 aromatic rings. The Kier molecular flexibility index (Phi) is 5.60. The number of hydrogen-bond acceptors (Lipinski definition) is 4. The number of nitrogens with one attached hydrogen (secondary N) is 1. The van der Waals surface area contributed by atoms with Crippen molar-refractivity contribution in [2.45, 2.75) is 26.2 Å². The maximum atomic E-state index is 12.5. The lowest BCUT2D eigenvalue weighted by Gasteiger charge is -2.22. The molecular weight excluding hydrogens is 408 g/mol. The van der Waals surface area contributed by atoms with Crippen molar-refractivity contribution in [3.63, 3.8) is 0 Å². The van der Waals surface area contributed by atoms with Gasteiger partial charge in [-0.05, 0) is 35.2 Å². The highest BCUT2D eigenvalue weighted by Crippen LogP contribution is 2.31. The molecule has 1 heterocycles. The number of halogens is 1. The molecule has 0 bridgehead atoms. The third kappa shape index (κ3) is 4.74. The first-order valence-electron chi connectivity index (χ1n) is 8.51. The maximum absolute atomic E-state index is 12.5. The first kappa shape index (κ1) is 19.1. The number of amides is 1. The molecule has 0 unspecified atom stereocenters. The molecule has 0 radical (unpaired) electrons. The van der Waals surface area contributed by atoms with E-state index >= 15 is 0 Å². The lowest BCUT2D eigenvalue weighted by Crippen LogP contribution is -2.22. The molecule has 7 heteroatoms. The van der Waals surface area contributed by atoms with E-state index in [4.69, 9.17) is 4.74 Å². The van der Waals surface area contributed by atoms with Crippen molar-refractivity contribution >= 4 is 27.5 Å². The highest BCUT2D eigenvalue weighted by molar-refractivity contribution is 9.10. The Labute approximate surface area is 166 Å². The van der Waals surface area contributed by atoms with Gasteiger partial charge in [0.25, 0.3) is 5.91 Å². The topological polar surface area (TPSA) is 69.0 Å². The van der Waals surface area contributed by atoms with E-state index in [1.54, 1.807) is 11.0 Å². The molecule has 0 fully saturated rings. The van der Waals surface area contributed by atoms with Crippen LogP contribution < -0.4 is 10.1 Å². The van der Waals surface area contributed by atoms with Crippen molar-refractivity contribution in [2.24, 2.45) is 0 Å². The summed E-state index contributed by atoms with van der Waals surface area (Å²) in [6, 6.07) is 13.3. The number of para-hydroxylation sites is 1. The van der Waals surface area contributed by atoms with Crippen LogP contribution in [0.3, 0.4) is 0 Å². The van der Waals surface area contributed by atoms with E-state index in [0.29, 0.717) is 11.4 Å². The van der Waals surface area contributed by atoms with Crippen LogP contribution in [-0.4, -0.2) is 27.3 Å². The van der Waals surface area contributed by atoms with Gasteiger partial charge in [0.15, 0.2) is 6.61 Å². The van der Waals surface area contributed by atoms with Crippen LogP contribution in [0.1, 0.15) is 26.3 Å². The van der Waals surface area contributed by atoms with Crippen molar-refractivity contribution in [1.29, 1.82) is 0 Å². The number of nitrogens with zero attached hydrogens (tertiary/aromatic N) is 3. The van der Waals surface area contributed by atoms with Gasteiger partial charge in [-0.15, -0.1) is 0 Å². The van der Waals surface area contributed by atoms with Crippen molar-refractivity contribution in [1.82, 2.24) is 14.8 Å². The van der Waals surface area contributed by atoms with Gasteiger partial charge in [0.2, 0.25) is 0 Å². The molecule has 1 amide bonds. The molecule has 0 aliphatic heterocycles. The molecular formula is C20H21BrN4O2. The maximum Gasteiger partial charge on any atom is 0.262 e. The second-order valence-electron chi connectivity index (χ2n) is 7.08. The zero-order valence-electron chi connectivity index (χ0n) is 15.4. The summed E-state index contributed by atoms with van der Waals surface area (Å²) in [5.74, 6) is 0.462. The average Bonchev–Trinajstić information content (AvgIpc) is 3.14. The van der Waals surface area contributed by atoms with Crippen LogP contribution in [0.5, 0.6) is 5.75 Å². The second-order valence-corrected chi connectivity index (χ2v) is 8.00. The number of benzene rings is 2. The highest BCUT2D eigenvalue weighted by Gasteiger charge is 2.19. The van der Waals surface area contributed by atoms with E-state index < -0.39 is 0 Å². The molecule has 0 saturated carbocycles. The molecule has 1 N–H and O–H groups in total. The summed E-state index contributed by atoms with van der Waals surface area (Å²) in [5, 5.41) is 7.01. The Morgan fingerprint density at radius 1 is 1.22 bits per heavy atom. The predicted octanol–water partition coefficient (Wildman–Crippen LogP) is 4.34. The summed E-state index contributed by atoms with van der Waals surface area (Å²) in [6.07, 6.45) is 3.02. The number of ether oxygens (including phenoxy) is 1. The van der Waals surface area contributed by atoms with E-state index in [1.807, 2.05) is 42.5 Å². The Morgan fingerprint density at radius 3 is 2.70 bits per heavy atom. The molecule has 0 spiro atoms. The second kappa shape index (κ2) is 7.92. The number of aromatic nitrogens is 3. The molecule has 0 atom stereocenters. The summed E-state index contributed by atoms with van der Waals surface area (Å²) in [5.41, 5.74) is 2.33. The van der Waals surface area contributed by atoms with Crippen LogP contribution in [0.25, 0.3) is 5.69 Å². The number of rotatable bonds is 5. The summed E-state index contributed by atoms with van der Waals surface area (Å²) >= 11 is 3.43. The Balaban J connectivity index is 1.74. The minimum absolute atomic E-state index is 0.0718. The SMILES string of the molecule is CC(C)(C)c1ccccc1OCC(=O)Nc1cc(Br)ccc1-n1cncn1. The van der Waals surface area contributed by atoms with Gasteiger partial charge in [0.05, 0.1) is 11.4 Å². The summed E-state index contributed by atoms with van der Waals surface area (Å²) in [4.78, 5) is 16.4. The molecule has 140 valence electrons. The first-order chi connectivity index (χ1) is 12.8. The van der Waals surface area contributed by atoms with Gasteiger partial charge in [-0.2, -0.15) is 5.10 Å². The van der Waals surface area contributed by atoms with E-state index in [9.17, 15) is 4.79 Å². The number of carbonyl (C=O) groups is 1. The van der Waals surface area contributed by atoms with Crippen LogP contribution in [0.4, 0.5) is 5.69 Å². The number of carbonyl (C=O) groups excluding carboxylic acids is 1. The smallest absolute Gasteiger partial charge is 0.262 e. The summed E-state index contributed by atoms with van der Waals surface area (Å²) in [7, 11) is 0. The molecule has 0 aliphatic rings. The zero-order valence-corrected chi connectivity index (χ0v) is 17.0. The van der Waals surface area contributed by atoms with Crippen LogP contribution in [0.15, 0.2) is 59.6 Å². The van der Waals surface area contributed by atoms with Gasteiger partial charge in [-0.1, -0.05) is 54.9 Å². The van der Waals surface area contributed by atoms with Crippen molar-refractivity contribution in [2.75, 3.05) is 11.9 Å². The fourth-order valence-electron chi connectivity index (χ4n) is 2.68. The first-order valence-corrected chi connectivity index (χ1v) is 9.30. The minimum Gasteiger partial charge on any atom is -0.483 e. The molecule has 2 aromatic carbocycles. The van der Waals surface area contributed by atoms with Gasteiger partial charge in [0, 0.05) is 4.47 Å². The van der Waals surface area contributed by atoms with Crippen LogP contribution in [0.2, 0.25) is 0 Å². The van der Waals surface area contributed by atoms with E-state index in [-0.39, 0.29) is 17.9 Å². The highest BCUT2D eigenvalue weighted by atomic mass is 79.9. The van der Waals surface area contributed by atoms with Gasteiger partial charge < -0.3 is 10.1 Å². The van der Waals surface area contributed by atoms with E-state index in [1.165, 1.54) is 6.33 Å². The zero-order chi connectivity index (χ0) is 19.4. The average molecular weight is 429 g/mol. The molecule has 0 aliphatic carbocycles. The predicted molar refractivity (Wildman–Crippen MR) is 108 cm³/mol. The van der Waals surface area contributed by atoms with Crippen molar-refractivity contribution < 1.29 is 9.53 Å². The molecule has 0 saturated heterocycles. The van der Waals surface area contributed by atoms with Crippen molar-refractivity contribution in [3.05, 3.63) is 65.2 Å². The lowest BCUT2D eigenvalue weighted by molar-refractivity contribution is -0.118. The van der Waals surface area contributed by atoms with E-state index in [2.05, 4.69) is 52.1 Å². The van der Waals surface area contributed by atoms with E-state index in [0.717, 1.165) is 15.7 Å². The molecule has 6 nitrogen and oxygen atoms in total. The fraction of sp³-hybridized carbons (Fsp3) is 0.250. The molecule has 1 aromatic heterocycles. The lowest BCUT2D eigenvalue weighted by atomic mass is 9.86. The minimum atomic E-state index is -0.252. The monoisotopic (exact) mass is 428 g/mol. The quantitative estimate of drug-likeness (QED) is 0.655. The van der Waals surface area contributed by atoms with Crippen LogP contribution in [0, 0.1) is 0 Å². The normalized spacial score (nSPS) is 11.3. The number of hydrogen-bond donors (Lipinski definition) is 1. The Bertz CT molecular complexity index is 933. The number of anilines is 1. The van der Waals surface area contributed by atoms with Gasteiger partial charge in [-0.3, -0.25) is 4.79 Å². The van der Waals surface area contributed by atoms with Crippen LogP contribution in [-0.2, 0) is 10.2 Å². The van der Waals surface area contributed by atoms with Gasteiger partial charge in [0.1, 0.15) is 18.4 Å². The van der Waals surface area contributed by atoms with Crippen molar-refractivity contribution in [3.8, 4) is 11.4 Å². The third-order valence-corrected chi connectivity index (χ3v) is 4.45. The fourth-order valence-corrected chi connectivity index (χ4v) is 3.04. The third-order valence-electron chi connectivity index (χ3n) is 3.95. The van der Waals surface area contributed by atoms with Gasteiger partial charge >= 0.3 is 0 Å². The Hall–Kier alpha value is -2.67. The molecule has 27 heavy (non-hydrogen) atoms. The van der Waals surface area contributed by atoms with Crippen LogP contribution >= 0.6 is 15.9 Å². The Morgan fingerprint density at radius 2 is 2.00 bits per heavy atom. The van der Waals surface area contributed by atoms with Gasteiger partial charge in [-0.25, -0.2) is 9.67 Å². The summed E-state index contributed by atoms with van der Waals surface area (Å²) < 4.78 is 8.24.